The number of aromatic nitrogens is 2. The summed E-state index contributed by atoms with van der Waals surface area (Å²) in [5, 5.41) is 23.8. The zero-order valence-electron chi connectivity index (χ0n) is 29.3. The first-order valence-electron chi connectivity index (χ1n) is 18.0. The van der Waals surface area contributed by atoms with Crippen LogP contribution in [-0.4, -0.2) is 39.5 Å². The van der Waals surface area contributed by atoms with Gasteiger partial charge in [0.25, 0.3) is 5.91 Å². The number of fused-ring (bicyclic) bond motifs is 3. The smallest absolute Gasteiger partial charge is 0.326 e. The Morgan fingerprint density at radius 2 is 1.56 bits per heavy atom. The number of carboxylic acids is 1. The molecule has 0 fully saturated rings. The van der Waals surface area contributed by atoms with Crippen LogP contribution in [0.3, 0.4) is 0 Å². The summed E-state index contributed by atoms with van der Waals surface area (Å²) in [6.45, 7) is 2.52. The number of hydrogen-bond acceptors (Lipinski definition) is 7. The van der Waals surface area contributed by atoms with Gasteiger partial charge >= 0.3 is 5.97 Å². The summed E-state index contributed by atoms with van der Waals surface area (Å²) >= 11 is 0. The molecule has 2 heterocycles. The number of nitrogens with two attached hydrogens (primary N) is 1. The van der Waals surface area contributed by atoms with Gasteiger partial charge in [-0.3, -0.25) is 14.8 Å². The van der Waals surface area contributed by atoms with Crippen molar-refractivity contribution in [2.24, 2.45) is 5.73 Å². The summed E-state index contributed by atoms with van der Waals surface area (Å²) in [6, 6.07) is 35.1. The summed E-state index contributed by atoms with van der Waals surface area (Å²) in [6.07, 6.45) is 7.73. The van der Waals surface area contributed by atoms with Gasteiger partial charge in [-0.2, -0.15) is 0 Å². The lowest BCUT2D eigenvalue weighted by molar-refractivity contribution is -0.139. The van der Waals surface area contributed by atoms with E-state index in [1.165, 1.54) is 21.9 Å². The second-order valence-electron chi connectivity index (χ2n) is 13.0. The fourth-order valence-corrected chi connectivity index (χ4v) is 6.90. The number of hydrogen-bond donors (Lipinski definition) is 5. The van der Waals surface area contributed by atoms with Crippen molar-refractivity contribution in [3.05, 3.63) is 155 Å². The quantitative estimate of drug-likeness (QED) is 0.0827. The molecule has 1 amide bonds. The number of pyridine rings is 2. The van der Waals surface area contributed by atoms with E-state index in [9.17, 15) is 14.7 Å². The molecule has 2 aromatic heterocycles. The van der Waals surface area contributed by atoms with Crippen molar-refractivity contribution in [2.45, 2.75) is 63.8 Å². The molecule has 0 spiro atoms. The number of nitrogens with zero attached hydrogens (tertiary/aromatic N) is 2. The summed E-state index contributed by atoms with van der Waals surface area (Å²) in [4.78, 5) is 34.2. The van der Waals surface area contributed by atoms with Gasteiger partial charge in [-0.25, -0.2) is 4.79 Å². The van der Waals surface area contributed by atoms with Gasteiger partial charge in [0.05, 0.1) is 11.4 Å². The minimum absolute atomic E-state index is 0.186. The Morgan fingerprint density at radius 1 is 0.788 bits per heavy atom. The van der Waals surface area contributed by atoms with Crippen molar-refractivity contribution in [1.82, 2.24) is 25.9 Å². The molecule has 0 saturated heterocycles. The zero-order chi connectivity index (χ0) is 36.1. The maximum absolute atomic E-state index is 13.3. The van der Waals surface area contributed by atoms with Crippen LogP contribution in [0, 0.1) is 0 Å². The standard InChI is InChI=1S/C32H35N5O3.C11H11N/c38-31(37-29(32(39)40)14-7-18-35-28-13-5-8-22-9-6-19-36-30(22)28)27-16-15-23(25-11-1-2-12-26(25)27)20-33-21-24-10-3-4-17-34-24;12-8-10-6-3-5-9-4-1-2-7-11(9)10/h1-4,6,9-12,15-17,19,28-29,33,35H,5,7-8,13-14,18,20-21H2,(H,37,38)(H,39,40);1-7H,8,12H2/t28-,29+;/m1./s1. The molecule has 6 aromatic rings. The third-order valence-electron chi connectivity index (χ3n) is 9.57. The molecule has 0 bridgehead atoms. The number of carbonyl (C=O) groups excluding carboxylic acids is 1. The van der Waals surface area contributed by atoms with Gasteiger partial charge in [0.1, 0.15) is 6.04 Å². The van der Waals surface area contributed by atoms with Crippen molar-refractivity contribution < 1.29 is 14.7 Å². The lowest BCUT2D eigenvalue weighted by atomic mass is 9.92. The Hall–Kier alpha value is -5.48. The van der Waals surface area contributed by atoms with E-state index in [0.29, 0.717) is 44.6 Å². The molecule has 0 saturated carbocycles. The van der Waals surface area contributed by atoms with E-state index < -0.39 is 12.0 Å². The van der Waals surface area contributed by atoms with Crippen LogP contribution in [0.5, 0.6) is 0 Å². The van der Waals surface area contributed by atoms with E-state index in [1.54, 1.807) is 12.3 Å². The lowest BCUT2D eigenvalue weighted by Gasteiger charge is -2.25. The molecule has 52 heavy (non-hydrogen) atoms. The molecule has 6 N–H and O–H groups in total. The third-order valence-corrected chi connectivity index (χ3v) is 9.57. The second-order valence-corrected chi connectivity index (χ2v) is 13.0. The van der Waals surface area contributed by atoms with Crippen LogP contribution in [0.25, 0.3) is 21.5 Å². The first-order chi connectivity index (χ1) is 25.5. The molecule has 0 radical (unpaired) electrons. The van der Waals surface area contributed by atoms with Crippen LogP contribution in [0.1, 0.15) is 70.2 Å². The van der Waals surface area contributed by atoms with Crippen LogP contribution in [0.4, 0.5) is 0 Å². The molecule has 0 unspecified atom stereocenters. The number of aliphatic carboxylic acids is 1. The second kappa shape index (κ2) is 18.1. The van der Waals surface area contributed by atoms with Gasteiger partial charge in [0.2, 0.25) is 0 Å². The van der Waals surface area contributed by atoms with Crippen molar-refractivity contribution in [1.29, 1.82) is 0 Å². The SMILES string of the molecule is NCc1cccc2ccccc12.O=C(N[C@@H](CCCN[C@@H]1CCCc2cccnc21)C(=O)O)c1ccc(CNCc2ccccn2)c2ccccc12. The highest BCUT2D eigenvalue weighted by molar-refractivity contribution is 6.08. The highest BCUT2D eigenvalue weighted by atomic mass is 16.4. The molecule has 2 atom stereocenters. The average molecular weight is 695 g/mol. The maximum atomic E-state index is 13.3. The van der Waals surface area contributed by atoms with Gasteiger partial charge in [-0.15, -0.1) is 0 Å². The minimum atomic E-state index is -1.03. The van der Waals surface area contributed by atoms with E-state index in [1.807, 2.05) is 79.0 Å². The maximum Gasteiger partial charge on any atom is 0.326 e. The third kappa shape index (κ3) is 9.24. The van der Waals surface area contributed by atoms with Crippen molar-refractivity contribution >= 4 is 33.4 Å². The number of amides is 1. The molecule has 4 aromatic carbocycles. The van der Waals surface area contributed by atoms with E-state index in [4.69, 9.17) is 5.73 Å². The van der Waals surface area contributed by atoms with E-state index in [0.717, 1.165) is 47.0 Å². The highest BCUT2D eigenvalue weighted by Gasteiger charge is 2.23. The van der Waals surface area contributed by atoms with Gasteiger partial charge in [0, 0.05) is 43.6 Å². The summed E-state index contributed by atoms with van der Waals surface area (Å²) in [7, 11) is 0. The van der Waals surface area contributed by atoms with Crippen molar-refractivity contribution in [2.75, 3.05) is 6.54 Å². The Balaban J connectivity index is 0.000000325. The topological polar surface area (TPSA) is 142 Å². The van der Waals surface area contributed by atoms with Gasteiger partial charge in [-0.05, 0) is 101 Å². The number of carboxylic acid groups (broad SMARTS) is 1. The molecule has 7 rings (SSSR count). The molecule has 1 aliphatic rings. The largest absolute Gasteiger partial charge is 0.480 e. The van der Waals surface area contributed by atoms with Crippen LogP contribution in [0.2, 0.25) is 0 Å². The molecule has 1 aliphatic carbocycles. The molecule has 9 heteroatoms. The Bertz CT molecular complexity index is 2100. The van der Waals surface area contributed by atoms with Gasteiger partial charge < -0.3 is 26.8 Å². The first kappa shape index (κ1) is 36.3. The number of benzene rings is 4. The van der Waals surface area contributed by atoms with Crippen LogP contribution < -0.4 is 21.7 Å². The van der Waals surface area contributed by atoms with Crippen LogP contribution in [0.15, 0.2) is 122 Å². The minimum Gasteiger partial charge on any atom is -0.480 e. The highest BCUT2D eigenvalue weighted by Crippen LogP contribution is 2.28. The van der Waals surface area contributed by atoms with Crippen molar-refractivity contribution in [3.8, 4) is 0 Å². The van der Waals surface area contributed by atoms with E-state index >= 15 is 0 Å². The zero-order valence-corrected chi connectivity index (χ0v) is 29.3. The predicted octanol–water partition coefficient (Wildman–Crippen LogP) is 6.85. The molecule has 9 nitrogen and oxygen atoms in total. The summed E-state index contributed by atoms with van der Waals surface area (Å²) in [5.41, 5.74) is 11.7. The number of aryl methyl sites for hydroxylation is 1. The fraction of sp³-hybridized carbons (Fsp3) is 0.256. The molecule has 266 valence electrons. The summed E-state index contributed by atoms with van der Waals surface area (Å²) in [5.74, 6) is -1.41. The molecular formula is C43H46N6O3. The first-order valence-corrected chi connectivity index (χ1v) is 18.0. The lowest BCUT2D eigenvalue weighted by Crippen LogP contribution is -2.41. The normalized spacial score (nSPS) is 14.2. The number of rotatable bonds is 13. The number of carbonyl (C=O) groups is 2. The monoisotopic (exact) mass is 694 g/mol. The Morgan fingerprint density at radius 3 is 2.37 bits per heavy atom. The Labute approximate surface area is 304 Å². The summed E-state index contributed by atoms with van der Waals surface area (Å²) < 4.78 is 0. The van der Waals surface area contributed by atoms with Crippen LogP contribution >= 0.6 is 0 Å². The fourth-order valence-electron chi connectivity index (χ4n) is 6.90. The molecule has 0 aliphatic heterocycles. The van der Waals surface area contributed by atoms with Crippen LogP contribution in [-0.2, 0) is 30.8 Å². The Kier molecular flexibility index (Phi) is 12.7. The average Bonchev–Trinajstić information content (AvgIpc) is 3.19. The van der Waals surface area contributed by atoms with Gasteiger partial charge in [-0.1, -0.05) is 84.9 Å². The van der Waals surface area contributed by atoms with Crippen molar-refractivity contribution in [3.63, 3.8) is 0 Å². The molecular weight excluding hydrogens is 649 g/mol. The predicted molar refractivity (Wildman–Crippen MR) is 207 cm³/mol. The van der Waals surface area contributed by atoms with E-state index in [-0.39, 0.29) is 11.9 Å². The van der Waals surface area contributed by atoms with E-state index in [2.05, 4.69) is 56.3 Å². The van der Waals surface area contributed by atoms with Gasteiger partial charge in [0.15, 0.2) is 0 Å². The number of nitrogens with one attached hydrogen (secondary N) is 3.